The Balaban J connectivity index is 0.00000110. The molecule has 0 saturated carbocycles. The molecule has 19 heavy (non-hydrogen) atoms. The average molecular weight is 362 g/mol. The minimum absolute atomic E-state index is 0. The number of anilines is 1. The van der Waals surface area contributed by atoms with Crippen LogP contribution in [0.5, 0.6) is 0 Å². The maximum absolute atomic E-state index is 2.33. The van der Waals surface area contributed by atoms with E-state index in [1.807, 2.05) is 0 Å². The van der Waals surface area contributed by atoms with Gasteiger partial charge in [-0.1, -0.05) is 30.3 Å². The Morgan fingerprint density at radius 2 is 1.84 bits per heavy atom. The third kappa shape index (κ3) is 1.80. The smallest absolute Gasteiger partial charge is 0.161 e. The van der Waals surface area contributed by atoms with Gasteiger partial charge in [-0.2, -0.15) is 0 Å². The molecular weight excluding hydrogens is 347 g/mol. The summed E-state index contributed by atoms with van der Waals surface area (Å²) in [6.45, 7) is 1.06. The number of rotatable bonds is 0. The van der Waals surface area contributed by atoms with E-state index in [-0.39, 0.29) is 24.0 Å². The van der Waals surface area contributed by atoms with Gasteiger partial charge in [-0.3, -0.25) is 0 Å². The number of halogens is 1. The second-order valence-electron chi connectivity index (χ2n) is 4.94. The van der Waals surface area contributed by atoms with Gasteiger partial charge in [-0.15, -0.1) is 0 Å². The van der Waals surface area contributed by atoms with Gasteiger partial charge >= 0.3 is 0 Å². The van der Waals surface area contributed by atoms with Gasteiger partial charge in [0.2, 0.25) is 0 Å². The van der Waals surface area contributed by atoms with E-state index < -0.39 is 0 Å². The Morgan fingerprint density at radius 3 is 2.74 bits per heavy atom. The molecule has 96 valence electrons. The fourth-order valence-electron chi connectivity index (χ4n) is 3.05. The maximum atomic E-state index is 2.33. The molecule has 0 fully saturated rings. The van der Waals surface area contributed by atoms with E-state index in [2.05, 4.69) is 65.9 Å². The molecule has 2 N–H and O–H groups in total. The number of hydrogen-bond donors (Lipinski definition) is 1. The van der Waals surface area contributed by atoms with Crippen LogP contribution in [0.1, 0.15) is 0 Å². The Kier molecular flexibility index (Phi) is 3.11. The van der Waals surface area contributed by atoms with Crippen molar-refractivity contribution in [3.8, 4) is 0 Å². The Labute approximate surface area is 128 Å². The van der Waals surface area contributed by atoms with Crippen molar-refractivity contribution >= 4 is 23.7 Å². The lowest BCUT2D eigenvalue weighted by molar-refractivity contribution is -0.552. The largest absolute Gasteiger partial charge is 1.00 e. The van der Waals surface area contributed by atoms with Crippen molar-refractivity contribution in [3.05, 3.63) is 57.3 Å². The fraction of sp³-hybridized carbons (Fsp3) is 0.125. The van der Waals surface area contributed by atoms with E-state index in [0.29, 0.717) is 0 Å². The van der Waals surface area contributed by atoms with Gasteiger partial charge in [0.25, 0.3) is 0 Å². The lowest BCUT2D eigenvalue weighted by Gasteiger charge is -2.19. The molecule has 4 rings (SSSR count). The molecule has 2 aliphatic rings. The summed E-state index contributed by atoms with van der Waals surface area (Å²) in [5.74, 6) is 0. The van der Waals surface area contributed by atoms with Crippen LogP contribution >= 0.6 is 0 Å². The van der Waals surface area contributed by atoms with Crippen molar-refractivity contribution in [1.82, 2.24) is 0 Å². The highest BCUT2D eigenvalue weighted by molar-refractivity contribution is 5.73. The summed E-state index contributed by atoms with van der Waals surface area (Å²) in [6, 6.07) is 13.1. The van der Waals surface area contributed by atoms with Crippen molar-refractivity contribution in [3.63, 3.8) is 0 Å². The molecule has 0 unspecified atom stereocenters. The SMILES string of the molecule is CN1C=c2ccccc2=c2ccc3c(c21)[NH2+]CC=3.[I-]. The van der Waals surface area contributed by atoms with Crippen LogP contribution in [0.15, 0.2) is 36.4 Å². The lowest BCUT2D eigenvalue weighted by atomic mass is 10.1. The Bertz CT molecular complexity index is 855. The van der Waals surface area contributed by atoms with Crippen molar-refractivity contribution in [2.24, 2.45) is 0 Å². The summed E-state index contributed by atoms with van der Waals surface area (Å²) in [4.78, 5) is 2.26. The number of nitrogens with two attached hydrogens (primary N) is 1. The van der Waals surface area contributed by atoms with Gasteiger partial charge in [0.1, 0.15) is 12.2 Å². The molecule has 2 nitrogen and oxygen atoms in total. The molecule has 0 atom stereocenters. The van der Waals surface area contributed by atoms with Crippen molar-refractivity contribution in [1.29, 1.82) is 0 Å². The Morgan fingerprint density at radius 1 is 1.00 bits per heavy atom. The number of fused-ring (bicyclic) bond motifs is 4. The van der Waals surface area contributed by atoms with Gasteiger partial charge in [0.05, 0.1) is 0 Å². The lowest BCUT2D eigenvalue weighted by Crippen LogP contribution is -3.00. The zero-order chi connectivity index (χ0) is 12.1. The van der Waals surface area contributed by atoms with Crippen LogP contribution in [0.4, 0.5) is 11.4 Å². The van der Waals surface area contributed by atoms with Gasteiger partial charge in [-0.05, 0) is 22.6 Å². The van der Waals surface area contributed by atoms with E-state index in [4.69, 9.17) is 0 Å². The summed E-state index contributed by atoms with van der Waals surface area (Å²) in [5.41, 5.74) is 2.74. The molecule has 2 aliphatic heterocycles. The monoisotopic (exact) mass is 362 g/mol. The average Bonchev–Trinajstić information content (AvgIpc) is 2.86. The van der Waals surface area contributed by atoms with Crippen LogP contribution in [0.25, 0.3) is 12.3 Å². The molecule has 0 aliphatic carbocycles. The molecular formula is C16H15IN2. The first-order chi connectivity index (χ1) is 8.84. The van der Waals surface area contributed by atoms with E-state index in [9.17, 15) is 0 Å². The van der Waals surface area contributed by atoms with Crippen LogP contribution in [0.2, 0.25) is 0 Å². The fourth-order valence-corrected chi connectivity index (χ4v) is 3.05. The number of benzene rings is 2. The second-order valence-corrected chi connectivity index (χ2v) is 4.94. The number of nitrogens with zero attached hydrogens (tertiary/aromatic N) is 1. The molecule has 2 aromatic rings. The molecule has 2 heterocycles. The highest BCUT2D eigenvalue weighted by Crippen LogP contribution is 2.23. The summed E-state index contributed by atoms with van der Waals surface area (Å²) < 4.78 is 0. The third-order valence-electron chi connectivity index (χ3n) is 3.85. The molecule has 0 spiro atoms. The molecule has 0 aromatic heterocycles. The second kappa shape index (κ2) is 4.65. The van der Waals surface area contributed by atoms with Gasteiger partial charge < -0.3 is 34.2 Å². The summed E-state index contributed by atoms with van der Waals surface area (Å²) in [7, 11) is 2.14. The number of hydrogen-bond acceptors (Lipinski definition) is 1. The molecule has 0 amide bonds. The van der Waals surface area contributed by atoms with Crippen LogP contribution in [0, 0.1) is 10.4 Å². The predicted molar refractivity (Wildman–Crippen MR) is 73.6 cm³/mol. The van der Waals surface area contributed by atoms with E-state index in [1.165, 1.54) is 32.2 Å². The van der Waals surface area contributed by atoms with Crippen molar-refractivity contribution < 1.29 is 29.3 Å². The van der Waals surface area contributed by atoms with Crippen LogP contribution in [-0.2, 0) is 0 Å². The van der Waals surface area contributed by atoms with E-state index >= 15 is 0 Å². The van der Waals surface area contributed by atoms with Crippen molar-refractivity contribution in [2.75, 3.05) is 18.5 Å². The molecule has 0 saturated heterocycles. The first-order valence-corrected chi connectivity index (χ1v) is 6.35. The first kappa shape index (κ1) is 12.7. The third-order valence-corrected chi connectivity index (χ3v) is 3.85. The quantitative estimate of drug-likeness (QED) is 0.395. The number of quaternary nitrogens is 1. The normalized spacial score (nSPS) is 14.5. The van der Waals surface area contributed by atoms with E-state index in [1.54, 1.807) is 0 Å². The van der Waals surface area contributed by atoms with Crippen LogP contribution in [-0.4, -0.2) is 13.6 Å². The predicted octanol–water partition coefficient (Wildman–Crippen LogP) is -2.85. The highest BCUT2D eigenvalue weighted by Gasteiger charge is 2.18. The first-order valence-electron chi connectivity index (χ1n) is 6.35. The van der Waals surface area contributed by atoms with E-state index in [0.717, 1.165) is 6.54 Å². The summed E-state index contributed by atoms with van der Waals surface area (Å²) in [6.07, 6.45) is 4.52. The minimum atomic E-state index is 0. The zero-order valence-corrected chi connectivity index (χ0v) is 12.9. The topological polar surface area (TPSA) is 19.9 Å². The maximum Gasteiger partial charge on any atom is 0.161 e. The van der Waals surface area contributed by atoms with Gasteiger partial charge in [0, 0.05) is 23.7 Å². The minimum Gasteiger partial charge on any atom is -1.00 e. The van der Waals surface area contributed by atoms with Crippen LogP contribution < -0.4 is 44.6 Å². The summed E-state index contributed by atoms with van der Waals surface area (Å²) in [5, 5.41) is 7.68. The Hall–Kier alpha value is -1.33. The molecule has 0 radical (unpaired) electrons. The highest BCUT2D eigenvalue weighted by atomic mass is 127. The standard InChI is InChI=1S/C16H14N2.HI/c1-18-10-12-4-2-3-5-13(12)14-7-6-11-8-9-17-15(11)16(14)18;/h2-8,10,17H,9H2,1H3;1H. The molecule has 0 bridgehead atoms. The van der Waals surface area contributed by atoms with Gasteiger partial charge in [0.15, 0.2) is 5.69 Å². The van der Waals surface area contributed by atoms with Crippen molar-refractivity contribution in [2.45, 2.75) is 0 Å². The molecule has 2 aromatic carbocycles. The zero-order valence-electron chi connectivity index (χ0n) is 10.7. The van der Waals surface area contributed by atoms with Gasteiger partial charge in [-0.25, -0.2) is 0 Å². The van der Waals surface area contributed by atoms with Crippen LogP contribution in [0.3, 0.4) is 0 Å². The summed E-state index contributed by atoms with van der Waals surface area (Å²) >= 11 is 0. The molecule has 3 heteroatoms.